The van der Waals surface area contributed by atoms with Gasteiger partial charge in [-0.2, -0.15) is 9.40 Å². The Morgan fingerprint density at radius 3 is 2.47 bits per heavy atom. The molecule has 0 saturated carbocycles. The van der Waals surface area contributed by atoms with Crippen LogP contribution in [0.2, 0.25) is 10.2 Å². The largest absolute Gasteiger partial charge is 0.471 e. The van der Waals surface area contributed by atoms with Crippen molar-refractivity contribution in [3.8, 4) is 5.75 Å². The van der Waals surface area contributed by atoms with Gasteiger partial charge >= 0.3 is 0 Å². The number of nitrogens with one attached hydrogen (secondary N) is 1. The maximum atomic E-state index is 11.7. The average molecular weight is 551 g/mol. The molecule has 1 aromatic carbocycles. The molecule has 0 amide bonds. The van der Waals surface area contributed by atoms with Crippen molar-refractivity contribution in [3.63, 3.8) is 0 Å². The predicted molar refractivity (Wildman–Crippen MR) is 139 cm³/mol. The van der Waals surface area contributed by atoms with Gasteiger partial charge in [0.15, 0.2) is 11.4 Å². The lowest BCUT2D eigenvalue weighted by Crippen LogP contribution is -2.48. The Balaban J connectivity index is 1.48. The van der Waals surface area contributed by atoms with Crippen LogP contribution in [0.4, 0.5) is 11.5 Å². The molecule has 1 aliphatic rings. The molecule has 190 valence electrons. The van der Waals surface area contributed by atoms with Gasteiger partial charge in [0, 0.05) is 49.2 Å². The Hall–Kier alpha value is -3.03. The van der Waals surface area contributed by atoms with Crippen LogP contribution in [0.5, 0.6) is 5.75 Å². The molecule has 11 nitrogen and oxygen atoms in total. The molecule has 14 heteroatoms. The van der Waals surface area contributed by atoms with Crippen LogP contribution in [0, 0.1) is 5.41 Å². The van der Waals surface area contributed by atoms with Crippen molar-refractivity contribution >= 4 is 50.4 Å². The van der Waals surface area contributed by atoms with Gasteiger partial charge < -0.3 is 15.4 Å². The van der Waals surface area contributed by atoms with Crippen molar-refractivity contribution in [2.24, 2.45) is 5.73 Å². The van der Waals surface area contributed by atoms with Gasteiger partial charge in [0.25, 0.3) is 0 Å². The molecular weight excluding hydrogens is 527 g/mol. The minimum absolute atomic E-state index is 0.0299. The van der Waals surface area contributed by atoms with E-state index in [0.717, 1.165) is 0 Å². The third-order valence-electron chi connectivity index (χ3n) is 5.71. The number of piperazine rings is 1. The monoisotopic (exact) mass is 550 g/mol. The Morgan fingerprint density at radius 2 is 1.86 bits per heavy atom. The number of ether oxygens (including phenoxy) is 1. The van der Waals surface area contributed by atoms with Crippen molar-refractivity contribution in [2.75, 3.05) is 43.1 Å². The van der Waals surface area contributed by atoms with Gasteiger partial charge in [0.2, 0.25) is 10.0 Å². The van der Waals surface area contributed by atoms with Gasteiger partial charge in [-0.15, -0.1) is 5.10 Å². The standard InChI is InChI=1S/C22H24Cl2N8O3S/c1-36(33,34)32-8-6-31(7-9-32)18-5-2-13(11-28-18)20(26)15-10-14(3-4-17(15)25)35-22(27)19-16(23)12-29-30-21(19)24/h2-5,10-12,22,26H,6-9,25,27H2,1H3/t22-/m0/s1. The molecule has 36 heavy (non-hydrogen) atoms. The Kier molecular flexibility index (Phi) is 7.62. The number of hydrogen-bond acceptors (Lipinski definition) is 10. The zero-order chi connectivity index (χ0) is 26.0. The minimum atomic E-state index is -3.21. The number of nitrogens with zero attached hydrogens (tertiary/aromatic N) is 5. The summed E-state index contributed by atoms with van der Waals surface area (Å²) in [5.74, 6) is 1.06. The van der Waals surface area contributed by atoms with E-state index in [1.807, 2.05) is 4.90 Å². The molecule has 0 spiro atoms. The summed E-state index contributed by atoms with van der Waals surface area (Å²) < 4.78 is 30.7. The molecule has 1 saturated heterocycles. The van der Waals surface area contributed by atoms with Crippen LogP contribution < -0.4 is 21.1 Å². The number of hydrogen-bond donors (Lipinski definition) is 3. The molecule has 5 N–H and O–H groups in total. The molecule has 0 bridgehead atoms. The molecular formula is C22H24Cl2N8O3S. The molecule has 3 aromatic rings. The summed E-state index contributed by atoms with van der Waals surface area (Å²) in [6, 6.07) is 8.41. The zero-order valence-electron chi connectivity index (χ0n) is 19.2. The van der Waals surface area contributed by atoms with Gasteiger partial charge in [0.1, 0.15) is 11.6 Å². The first-order valence-corrected chi connectivity index (χ1v) is 13.4. The smallest absolute Gasteiger partial charge is 0.211 e. The number of pyridine rings is 1. The van der Waals surface area contributed by atoms with Crippen LogP contribution in [-0.2, 0) is 10.0 Å². The van der Waals surface area contributed by atoms with E-state index >= 15 is 0 Å². The molecule has 1 fully saturated rings. The van der Waals surface area contributed by atoms with E-state index in [0.29, 0.717) is 60.1 Å². The van der Waals surface area contributed by atoms with E-state index in [-0.39, 0.29) is 15.9 Å². The molecule has 1 aliphatic heterocycles. The van der Waals surface area contributed by atoms with Gasteiger partial charge in [-0.1, -0.05) is 23.2 Å². The second-order valence-corrected chi connectivity index (χ2v) is 10.9. The van der Waals surface area contributed by atoms with Crippen molar-refractivity contribution in [1.29, 1.82) is 5.41 Å². The van der Waals surface area contributed by atoms with Crippen molar-refractivity contribution in [1.82, 2.24) is 19.5 Å². The lowest BCUT2D eigenvalue weighted by molar-refractivity contribution is 0.213. The topological polar surface area (TPSA) is 164 Å². The highest BCUT2D eigenvalue weighted by Gasteiger charge is 2.24. The third kappa shape index (κ3) is 5.68. The van der Waals surface area contributed by atoms with Crippen molar-refractivity contribution < 1.29 is 13.2 Å². The van der Waals surface area contributed by atoms with E-state index in [1.165, 1.54) is 16.8 Å². The average Bonchev–Trinajstić information content (AvgIpc) is 2.84. The van der Waals surface area contributed by atoms with E-state index in [1.54, 1.807) is 36.5 Å². The van der Waals surface area contributed by atoms with Gasteiger partial charge in [0.05, 0.1) is 28.8 Å². The fourth-order valence-electron chi connectivity index (χ4n) is 3.76. The Morgan fingerprint density at radius 1 is 1.14 bits per heavy atom. The Bertz CT molecular complexity index is 1360. The SMILES string of the molecule is CS(=O)(=O)N1CCN(c2ccc(C(=N)c3cc(O[C@H](N)c4c(Cl)cnnc4Cl)ccc3N)cn2)CC1. The number of aromatic nitrogens is 3. The molecule has 0 unspecified atom stereocenters. The second-order valence-electron chi connectivity index (χ2n) is 8.11. The second kappa shape index (κ2) is 10.5. The molecule has 0 aliphatic carbocycles. The van der Waals surface area contributed by atoms with E-state index in [4.69, 9.17) is 44.8 Å². The summed E-state index contributed by atoms with van der Waals surface area (Å²) in [7, 11) is -3.21. The first kappa shape index (κ1) is 26.0. The van der Waals surface area contributed by atoms with Crippen molar-refractivity contribution in [3.05, 3.63) is 69.6 Å². The number of nitrogen functional groups attached to an aromatic ring is 1. The summed E-state index contributed by atoms with van der Waals surface area (Å²) in [5.41, 5.74) is 14.1. The number of sulfonamides is 1. The number of halogens is 2. The molecule has 0 radical (unpaired) electrons. The van der Waals surface area contributed by atoms with E-state index in [2.05, 4.69) is 15.2 Å². The maximum absolute atomic E-state index is 11.7. The molecule has 3 heterocycles. The fourth-order valence-corrected chi connectivity index (χ4v) is 5.13. The number of nitrogens with two attached hydrogens (primary N) is 2. The molecule has 4 rings (SSSR count). The highest BCUT2D eigenvalue weighted by atomic mass is 35.5. The lowest BCUT2D eigenvalue weighted by Gasteiger charge is -2.34. The van der Waals surface area contributed by atoms with E-state index in [9.17, 15) is 8.42 Å². The summed E-state index contributed by atoms with van der Waals surface area (Å²) in [6.45, 7) is 1.86. The highest BCUT2D eigenvalue weighted by molar-refractivity contribution is 7.88. The highest BCUT2D eigenvalue weighted by Crippen LogP contribution is 2.30. The van der Waals surface area contributed by atoms with Crippen LogP contribution in [0.25, 0.3) is 0 Å². The van der Waals surface area contributed by atoms with Crippen LogP contribution in [0.15, 0.2) is 42.7 Å². The van der Waals surface area contributed by atoms with Crippen LogP contribution in [0.1, 0.15) is 22.9 Å². The zero-order valence-corrected chi connectivity index (χ0v) is 21.6. The normalized spacial score (nSPS) is 15.5. The first-order valence-electron chi connectivity index (χ1n) is 10.8. The quantitative estimate of drug-likeness (QED) is 0.227. The number of rotatable bonds is 7. The first-order chi connectivity index (χ1) is 17.0. The molecule has 2 aromatic heterocycles. The van der Waals surface area contributed by atoms with Gasteiger partial charge in [-0.25, -0.2) is 13.4 Å². The maximum Gasteiger partial charge on any atom is 0.211 e. The summed E-state index contributed by atoms with van der Waals surface area (Å²) in [6.07, 6.45) is 3.09. The summed E-state index contributed by atoms with van der Waals surface area (Å²) in [5, 5.41) is 16.3. The fraction of sp³-hybridized carbons (Fsp3) is 0.273. The molecule has 1 atom stereocenters. The summed E-state index contributed by atoms with van der Waals surface area (Å²) in [4.78, 5) is 6.48. The van der Waals surface area contributed by atoms with Gasteiger partial charge in [-0.05, 0) is 30.3 Å². The lowest BCUT2D eigenvalue weighted by atomic mass is 10.0. The minimum Gasteiger partial charge on any atom is -0.471 e. The third-order valence-corrected chi connectivity index (χ3v) is 7.59. The Labute approximate surface area is 218 Å². The number of benzene rings is 1. The predicted octanol–water partition coefficient (Wildman–Crippen LogP) is 2.29. The number of anilines is 2. The van der Waals surface area contributed by atoms with Crippen LogP contribution in [-0.4, -0.2) is 66.1 Å². The van der Waals surface area contributed by atoms with E-state index < -0.39 is 16.3 Å². The van der Waals surface area contributed by atoms with Crippen molar-refractivity contribution in [2.45, 2.75) is 6.23 Å². The summed E-state index contributed by atoms with van der Waals surface area (Å²) >= 11 is 12.2. The van der Waals surface area contributed by atoms with Gasteiger partial charge in [-0.3, -0.25) is 11.1 Å². The van der Waals surface area contributed by atoms with Crippen LogP contribution in [0.3, 0.4) is 0 Å². The van der Waals surface area contributed by atoms with Crippen LogP contribution >= 0.6 is 23.2 Å².